The van der Waals surface area contributed by atoms with Crippen LogP contribution in [0.2, 0.25) is 0 Å². The molecule has 1 aromatic rings. The molecule has 1 saturated heterocycles. The molecule has 0 aromatic heterocycles. The number of benzene rings is 1. The number of ether oxygens (including phenoxy) is 2. The van der Waals surface area contributed by atoms with Crippen molar-refractivity contribution in [2.75, 3.05) is 19.8 Å². The van der Waals surface area contributed by atoms with Gasteiger partial charge in [0.1, 0.15) is 5.75 Å². The summed E-state index contributed by atoms with van der Waals surface area (Å²) in [4.78, 5) is 0. The highest BCUT2D eigenvalue weighted by Crippen LogP contribution is 2.27. The SMILES string of the molecule is CCCNC(CC1CCCO1)c1cccc(OCC)c1. The van der Waals surface area contributed by atoms with Crippen molar-refractivity contribution in [3.8, 4) is 5.75 Å². The van der Waals surface area contributed by atoms with E-state index >= 15 is 0 Å². The summed E-state index contributed by atoms with van der Waals surface area (Å²) in [5.74, 6) is 0.959. The summed E-state index contributed by atoms with van der Waals surface area (Å²) in [5.41, 5.74) is 1.31. The summed E-state index contributed by atoms with van der Waals surface area (Å²) < 4.78 is 11.4. The zero-order valence-corrected chi connectivity index (χ0v) is 12.7. The van der Waals surface area contributed by atoms with Crippen molar-refractivity contribution in [3.05, 3.63) is 29.8 Å². The van der Waals surface area contributed by atoms with E-state index in [2.05, 4.69) is 30.4 Å². The lowest BCUT2D eigenvalue weighted by Crippen LogP contribution is -2.26. The topological polar surface area (TPSA) is 30.5 Å². The van der Waals surface area contributed by atoms with Gasteiger partial charge in [-0.25, -0.2) is 0 Å². The van der Waals surface area contributed by atoms with Crippen LogP contribution in [0.15, 0.2) is 24.3 Å². The minimum atomic E-state index is 0.360. The molecule has 3 nitrogen and oxygen atoms in total. The van der Waals surface area contributed by atoms with Crippen LogP contribution in [0.4, 0.5) is 0 Å². The smallest absolute Gasteiger partial charge is 0.119 e. The Morgan fingerprint density at radius 3 is 3.00 bits per heavy atom. The van der Waals surface area contributed by atoms with E-state index in [0.29, 0.717) is 18.8 Å². The van der Waals surface area contributed by atoms with Crippen LogP contribution >= 0.6 is 0 Å². The summed E-state index contributed by atoms with van der Waals surface area (Å²) in [6, 6.07) is 8.81. The van der Waals surface area contributed by atoms with E-state index in [1.165, 1.54) is 18.4 Å². The van der Waals surface area contributed by atoms with E-state index in [9.17, 15) is 0 Å². The summed E-state index contributed by atoms with van der Waals surface area (Å²) in [6.07, 6.45) is 4.99. The van der Waals surface area contributed by atoms with Gasteiger partial charge in [0.25, 0.3) is 0 Å². The molecule has 1 fully saturated rings. The van der Waals surface area contributed by atoms with Crippen molar-refractivity contribution in [1.82, 2.24) is 5.32 Å². The van der Waals surface area contributed by atoms with E-state index in [-0.39, 0.29) is 0 Å². The maximum absolute atomic E-state index is 5.79. The highest BCUT2D eigenvalue weighted by atomic mass is 16.5. The number of hydrogen-bond acceptors (Lipinski definition) is 3. The highest BCUT2D eigenvalue weighted by Gasteiger charge is 2.21. The van der Waals surface area contributed by atoms with Crippen molar-refractivity contribution < 1.29 is 9.47 Å². The molecule has 2 unspecified atom stereocenters. The predicted molar refractivity (Wildman–Crippen MR) is 82.2 cm³/mol. The van der Waals surface area contributed by atoms with Gasteiger partial charge in [-0.05, 0) is 56.8 Å². The number of nitrogens with one attached hydrogen (secondary N) is 1. The molecule has 1 aromatic carbocycles. The van der Waals surface area contributed by atoms with Gasteiger partial charge in [0, 0.05) is 12.6 Å². The standard InChI is InChI=1S/C17H27NO2/c1-3-10-18-17(13-16-9-6-11-20-16)14-7-5-8-15(12-14)19-4-2/h5,7-8,12,16-18H,3-4,6,9-11,13H2,1-2H3. The Morgan fingerprint density at radius 1 is 1.40 bits per heavy atom. The summed E-state index contributed by atoms with van der Waals surface area (Å²) in [7, 11) is 0. The molecule has 0 amide bonds. The molecule has 20 heavy (non-hydrogen) atoms. The average Bonchev–Trinajstić information content (AvgIpc) is 2.97. The maximum Gasteiger partial charge on any atom is 0.119 e. The molecule has 1 aliphatic rings. The van der Waals surface area contributed by atoms with E-state index in [0.717, 1.165) is 31.7 Å². The average molecular weight is 277 g/mol. The molecule has 1 heterocycles. The second kappa shape index (κ2) is 8.28. The lowest BCUT2D eigenvalue weighted by Gasteiger charge is -2.22. The second-order valence-corrected chi connectivity index (χ2v) is 5.38. The molecule has 112 valence electrons. The quantitative estimate of drug-likeness (QED) is 0.786. The molecule has 1 aliphatic heterocycles. The summed E-state index contributed by atoms with van der Waals surface area (Å²) in [6.45, 7) is 6.89. The Balaban J connectivity index is 2.05. The molecule has 0 saturated carbocycles. The van der Waals surface area contributed by atoms with Gasteiger partial charge in [-0.1, -0.05) is 19.1 Å². The van der Waals surface area contributed by atoms with Gasteiger partial charge in [0.15, 0.2) is 0 Å². The summed E-state index contributed by atoms with van der Waals surface area (Å²) in [5, 5.41) is 3.65. The molecule has 3 heteroatoms. The van der Waals surface area contributed by atoms with Gasteiger partial charge >= 0.3 is 0 Å². The molecule has 0 spiro atoms. The Morgan fingerprint density at radius 2 is 2.30 bits per heavy atom. The number of hydrogen-bond donors (Lipinski definition) is 1. The van der Waals surface area contributed by atoms with Crippen LogP contribution in [0.1, 0.15) is 51.1 Å². The minimum absolute atomic E-state index is 0.360. The van der Waals surface area contributed by atoms with E-state index in [1.54, 1.807) is 0 Å². The highest BCUT2D eigenvalue weighted by molar-refractivity contribution is 5.30. The first-order valence-corrected chi connectivity index (χ1v) is 7.91. The molecule has 1 N–H and O–H groups in total. The summed E-state index contributed by atoms with van der Waals surface area (Å²) >= 11 is 0. The van der Waals surface area contributed by atoms with Gasteiger partial charge in [-0.3, -0.25) is 0 Å². The van der Waals surface area contributed by atoms with Crippen molar-refractivity contribution in [1.29, 1.82) is 0 Å². The van der Waals surface area contributed by atoms with Crippen molar-refractivity contribution in [3.63, 3.8) is 0 Å². The molecule has 0 aliphatic carbocycles. The lowest BCUT2D eigenvalue weighted by atomic mass is 9.99. The maximum atomic E-state index is 5.79. The Bertz CT molecular complexity index is 388. The zero-order valence-electron chi connectivity index (χ0n) is 12.7. The van der Waals surface area contributed by atoms with Crippen LogP contribution in [0.25, 0.3) is 0 Å². The Hall–Kier alpha value is -1.06. The first-order chi connectivity index (χ1) is 9.83. The van der Waals surface area contributed by atoms with Crippen LogP contribution in [-0.4, -0.2) is 25.9 Å². The number of rotatable bonds is 8. The normalized spacial score (nSPS) is 20.0. The van der Waals surface area contributed by atoms with E-state index in [4.69, 9.17) is 9.47 Å². The molecular formula is C17H27NO2. The van der Waals surface area contributed by atoms with Crippen LogP contribution in [0.3, 0.4) is 0 Å². The van der Waals surface area contributed by atoms with Gasteiger partial charge in [0.2, 0.25) is 0 Å². The fourth-order valence-electron chi connectivity index (χ4n) is 2.74. The monoisotopic (exact) mass is 277 g/mol. The van der Waals surface area contributed by atoms with E-state index in [1.807, 2.05) is 13.0 Å². The first kappa shape index (κ1) is 15.3. The molecule has 2 atom stereocenters. The third-order valence-corrected chi connectivity index (χ3v) is 3.73. The Labute approximate surface area is 122 Å². The molecule has 2 rings (SSSR count). The molecular weight excluding hydrogens is 250 g/mol. The lowest BCUT2D eigenvalue weighted by molar-refractivity contribution is 0.0945. The Kier molecular flexibility index (Phi) is 6.34. The van der Waals surface area contributed by atoms with Crippen LogP contribution in [0, 0.1) is 0 Å². The second-order valence-electron chi connectivity index (χ2n) is 5.38. The third-order valence-electron chi connectivity index (χ3n) is 3.73. The fraction of sp³-hybridized carbons (Fsp3) is 0.647. The predicted octanol–water partition coefficient (Wildman–Crippen LogP) is 3.70. The van der Waals surface area contributed by atoms with Gasteiger partial charge < -0.3 is 14.8 Å². The van der Waals surface area contributed by atoms with Crippen LogP contribution < -0.4 is 10.1 Å². The first-order valence-electron chi connectivity index (χ1n) is 7.91. The van der Waals surface area contributed by atoms with Crippen LogP contribution in [-0.2, 0) is 4.74 Å². The van der Waals surface area contributed by atoms with Crippen LogP contribution in [0.5, 0.6) is 5.75 Å². The van der Waals surface area contributed by atoms with Crippen molar-refractivity contribution >= 4 is 0 Å². The largest absolute Gasteiger partial charge is 0.494 e. The van der Waals surface area contributed by atoms with Crippen molar-refractivity contribution in [2.45, 2.75) is 51.7 Å². The van der Waals surface area contributed by atoms with Gasteiger partial charge in [-0.15, -0.1) is 0 Å². The van der Waals surface area contributed by atoms with Crippen molar-refractivity contribution in [2.24, 2.45) is 0 Å². The fourth-order valence-corrected chi connectivity index (χ4v) is 2.74. The third kappa shape index (κ3) is 4.50. The minimum Gasteiger partial charge on any atom is -0.494 e. The zero-order chi connectivity index (χ0) is 14.2. The molecule has 0 radical (unpaired) electrons. The van der Waals surface area contributed by atoms with Gasteiger partial charge in [0.05, 0.1) is 12.7 Å². The van der Waals surface area contributed by atoms with Gasteiger partial charge in [-0.2, -0.15) is 0 Å². The van der Waals surface area contributed by atoms with E-state index < -0.39 is 0 Å². The molecule has 0 bridgehead atoms.